The van der Waals surface area contributed by atoms with Crippen molar-refractivity contribution in [2.24, 2.45) is 0 Å². The van der Waals surface area contributed by atoms with Gasteiger partial charge < -0.3 is 10.2 Å². The van der Waals surface area contributed by atoms with Gasteiger partial charge >= 0.3 is 0 Å². The third kappa shape index (κ3) is 9.28. The predicted molar refractivity (Wildman–Crippen MR) is 147 cm³/mol. The smallest absolute Gasteiger partial charge is 0.270 e. The molecular weight excluding hydrogens is 495 g/mol. The Bertz CT molecular complexity index is 1020. The van der Waals surface area contributed by atoms with Crippen molar-refractivity contribution in [3.63, 3.8) is 0 Å². The molecule has 3 aromatic rings. The highest BCUT2D eigenvalue weighted by Crippen LogP contribution is 2.19. The molecule has 1 amide bonds. The van der Waals surface area contributed by atoms with Gasteiger partial charge in [-0.1, -0.05) is 49.7 Å². The number of nitrogens with one attached hydrogen (secondary N) is 1. The molecule has 36 heavy (non-hydrogen) atoms. The summed E-state index contributed by atoms with van der Waals surface area (Å²) in [7, 11) is 0. The van der Waals surface area contributed by atoms with Crippen LogP contribution in [-0.4, -0.2) is 46.4 Å². The average molecular weight is 531 g/mol. The van der Waals surface area contributed by atoms with Gasteiger partial charge in [-0.25, -0.2) is 9.37 Å². The third-order valence-electron chi connectivity index (χ3n) is 6.17. The molecule has 0 saturated carbocycles. The summed E-state index contributed by atoms with van der Waals surface area (Å²) < 4.78 is 13.4. The number of halogens is 2. The zero-order chi connectivity index (χ0) is 25.9. The fraction of sp³-hybridized carbons (Fsp3) is 0.429. The lowest BCUT2D eigenvalue weighted by molar-refractivity contribution is 0.0932. The molecule has 1 aromatic heterocycles. The van der Waals surface area contributed by atoms with Gasteiger partial charge in [-0.3, -0.25) is 9.69 Å². The van der Waals surface area contributed by atoms with Crippen LogP contribution < -0.4 is 5.32 Å². The number of carbonyl (C=O) groups excluding carboxylic acids is 1. The van der Waals surface area contributed by atoms with Crippen molar-refractivity contribution in [3.05, 3.63) is 86.6 Å². The lowest BCUT2D eigenvalue weighted by Crippen LogP contribution is -2.34. The Morgan fingerprint density at radius 1 is 1.00 bits per heavy atom. The molecule has 5 nitrogen and oxygen atoms in total. The SMILES string of the molecule is CCN(CC)CCCC(C)NC(=O)c1csc(CN(Cc2ccc(F)cc2)Cc2ccc(Cl)cc2)n1. The third-order valence-corrected chi connectivity index (χ3v) is 7.25. The molecule has 0 spiro atoms. The van der Waals surface area contributed by atoms with E-state index in [4.69, 9.17) is 11.6 Å². The highest BCUT2D eigenvalue weighted by Gasteiger charge is 2.16. The summed E-state index contributed by atoms with van der Waals surface area (Å²) in [5.74, 6) is -0.378. The fourth-order valence-electron chi connectivity index (χ4n) is 4.07. The van der Waals surface area contributed by atoms with Crippen molar-refractivity contribution in [2.75, 3.05) is 19.6 Å². The summed E-state index contributed by atoms with van der Waals surface area (Å²) in [6.07, 6.45) is 1.99. The van der Waals surface area contributed by atoms with Crippen molar-refractivity contribution in [3.8, 4) is 0 Å². The fourth-order valence-corrected chi connectivity index (χ4v) is 5.02. The lowest BCUT2D eigenvalue weighted by Gasteiger charge is -2.21. The second-order valence-corrected chi connectivity index (χ2v) is 10.4. The predicted octanol–water partition coefficient (Wildman–Crippen LogP) is 6.38. The van der Waals surface area contributed by atoms with Gasteiger partial charge in [0.1, 0.15) is 16.5 Å². The number of nitrogens with zero attached hydrogens (tertiary/aromatic N) is 3. The molecule has 0 saturated heterocycles. The first-order chi connectivity index (χ1) is 17.4. The minimum atomic E-state index is -0.249. The first kappa shape index (κ1) is 28.3. The van der Waals surface area contributed by atoms with Gasteiger partial charge in [0.2, 0.25) is 0 Å². The number of hydrogen-bond donors (Lipinski definition) is 1. The van der Waals surface area contributed by atoms with E-state index >= 15 is 0 Å². The zero-order valence-corrected chi connectivity index (χ0v) is 22.9. The molecular formula is C28H36ClFN4OS. The van der Waals surface area contributed by atoms with E-state index in [1.165, 1.54) is 23.5 Å². The van der Waals surface area contributed by atoms with Gasteiger partial charge in [-0.15, -0.1) is 11.3 Å². The largest absolute Gasteiger partial charge is 0.348 e. The second kappa shape index (κ2) is 14.4. The van der Waals surface area contributed by atoms with E-state index in [1.807, 2.05) is 36.6 Å². The van der Waals surface area contributed by atoms with Gasteiger partial charge in [0.25, 0.3) is 5.91 Å². The highest BCUT2D eigenvalue weighted by molar-refractivity contribution is 7.09. The number of aromatic nitrogens is 1. The molecule has 3 rings (SSSR count). The Kier molecular flexibility index (Phi) is 11.3. The molecule has 0 aliphatic heterocycles. The maximum Gasteiger partial charge on any atom is 0.270 e. The molecule has 0 aliphatic rings. The summed E-state index contributed by atoms with van der Waals surface area (Å²) in [6.45, 7) is 11.4. The van der Waals surface area contributed by atoms with Crippen molar-refractivity contribution in [2.45, 2.75) is 59.3 Å². The van der Waals surface area contributed by atoms with Crippen LogP contribution in [0.1, 0.15) is 60.2 Å². The number of carbonyl (C=O) groups is 1. The molecule has 8 heteroatoms. The van der Waals surface area contributed by atoms with E-state index < -0.39 is 0 Å². The average Bonchev–Trinajstić information content (AvgIpc) is 3.33. The van der Waals surface area contributed by atoms with Gasteiger partial charge in [-0.05, 0) is 74.8 Å². The molecule has 1 unspecified atom stereocenters. The summed E-state index contributed by atoms with van der Waals surface area (Å²) in [6, 6.07) is 14.4. The van der Waals surface area contributed by atoms with Crippen LogP contribution in [0.3, 0.4) is 0 Å². The first-order valence-electron chi connectivity index (χ1n) is 12.5. The van der Waals surface area contributed by atoms with E-state index in [0.717, 1.165) is 48.6 Å². The highest BCUT2D eigenvalue weighted by atomic mass is 35.5. The van der Waals surface area contributed by atoms with Gasteiger partial charge in [0.15, 0.2) is 0 Å². The molecule has 194 valence electrons. The number of amides is 1. The van der Waals surface area contributed by atoms with Gasteiger partial charge in [0.05, 0.1) is 6.54 Å². The minimum Gasteiger partial charge on any atom is -0.348 e. The van der Waals surface area contributed by atoms with Crippen LogP contribution in [0.2, 0.25) is 5.02 Å². The molecule has 1 heterocycles. The second-order valence-electron chi connectivity index (χ2n) is 9.07. The molecule has 2 aromatic carbocycles. The van der Waals surface area contributed by atoms with Crippen LogP contribution in [0.5, 0.6) is 0 Å². The summed E-state index contributed by atoms with van der Waals surface area (Å²) in [5, 5.41) is 6.48. The van der Waals surface area contributed by atoms with Crippen LogP contribution in [0, 0.1) is 5.82 Å². The molecule has 0 radical (unpaired) electrons. The molecule has 1 N–H and O–H groups in total. The van der Waals surface area contributed by atoms with E-state index in [0.29, 0.717) is 30.4 Å². The van der Waals surface area contributed by atoms with Crippen LogP contribution in [0.4, 0.5) is 4.39 Å². The lowest BCUT2D eigenvalue weighted by atomic mass is 10.1. The number of benzene rings is 2. The first-order valence-corrected chi connectivity index (χ1v) is 13.8. The van der Waals surface area contributed by atoms with Crippen LogP contribution in [0.25, 0.3) is 0 Å². The molecule has 0 fully saturated rings. The number of rotatable bonds is 14. The Hall–Kier alpha value is -2.32. The molecule has 0 bridgehead atoms. The maximum atomic E-state index is 13.4. The van der Waals surface area contributed by atoms with Crippen molar-refractivity contribution in [1.29, 1.82) is 0 Å². The van der Waals surface area contributed by atoms with Crippen LogP contribution in [0.15, 0.2) is 53.9 Å². The Morgan fingerprint density at radius 2 is 1.61 bits per heavy atom. The van der Waals surface area contributed by atoms with E-state index in [9.17, 15) is 9.18 Å². The Morgan fingerprint density at radius 3 is 2.22 bits per heavy atom. The van der Waals surface area contributed by atoms with E-state index in [1.54, 1.807) is 12.1 Å². The van der Waals surface area contributed by atoms with Crippen LogP contribution in [-0.2, 0) is 19.6 Å². The normalized spacial score (nSPS) is 12.3. The van der Waals surface area contributed by atoms with Crippen LogP contribution >= 0.6 is 22.9 Å². The Labute approximate surface area is 223 Å². The summed E-state index contributed by atoms with van der Waals surface area (Å²) in [4.78, 5) is 22.0. The zero-order valence-electron chi connectivity index (χ0n) is 21.3. The minimum absolute atomic E-state index is 0.0955. The standard InChI is InChI=1S/C28H36ClFN4OS/c1-4-33(5-2)16-6-7-21(3)31-28(35)26-20-36-27(32-26)19-34(17-22-8-12-24(29)13-9-22)18-23-10-14-25(30)15-11-23/h8-15,20-21H,4-7,16-19H2,1-3H3,(H,31,35). The molecule has 0 aliphatic carbocycles. The van der Waals surface area contributed by atoms with Gasteiger partial charge in [-0.2, -0.15) is 0 Å². The number of hydrogen-bond acceptors (Lipinski definition) is 5. The molecule has 1 atom stereocenters. The number of thiazole rings is 1. The van der Waals surface area contributed by atoms with Gasteiger partial charge in [0, 0.05) is 29.5 Å². The van der Waals surface area contributed by atoms with Crippen molar-refractivity contribution < 1.29 is 9.18 Å². The summed E-state index contributed by atoms with van der Waals surface area (Å²) >= 11 is 7.53. The maximum absolute atomic E-state index is 13.4. The van der Waals surface area contributed by atoms with Crippen molar-refractivity contribution >= 4 is 28.8 Å². The van der Waals surface area contributed by atoms with E-state index in [2.05, 4.69) is 33.9 Å². The summed E-state index contributed by atoms with van der Waals surface area (Å²) in [5.41, 5.74) is 2.59. The monoisotopic (exact) mass is 530 g/mol. The topological polar surface area (TPSA) is 48.5 Å². The Balaban J connectivity index is 1.60. The van der Waals surface area contributed by atoms with E-state index in [-0.39, 0.29) is 17.8 Å². The quantitative estimate of drug-likeness (QED) is 0.263. The van der Waals surface area contributed by atoms with Crippen molar-refractivity contribution in [1.82, 2.24) is 20.1 Å².